The Morgan fingerprint density at radius 2 is 1.49 bits per heavy atom. The van der Waals surface area contributed by atoms with Crippen molar-refractivity contribution in [2.24, 2.45) is 0 Å². The van der Waals surface area contributed by atoms with Gasteiger partial charge in [0.05, 0.1) is 15.3 Å². The molecule has 3 amide bonds. The van der Waals surface area contributed by atoms with Crippen molar-refractivity contribution in [3.8, 4) is 16.8 Å². The summed E-state index contributed by atoms with van der Waals surface area (Å²) in [5.74, 6) is -0.0747. The zero-order valence-electron chi connectivity index (χ0n) is 25.5. The lowest BCUT2D eigenvalue weighted by Crippen LogP contribution is -2.40. The Morgan fingerprint density at radius 3 is 2.15 bits per heavy atom. The number of hydrogen-bond donors (Lipinski definition) is 2. The number of rotatable bonds is 8. The lowest BCUT2D eigenvalue weighted by Gasteiger charge is -2.24. The number of fused-ring (bicyclic) bond motifs is 3. The first-order chi connectivity index (χ1) is 22.3. The minimum atomic E-state index is -4.04. The molecule has 0 bridgehead atoms. The Kier molecular flexibility index (Phi) is 8.60. The number of aromatic nitrogens is 1. The molecule has 2 heterocycles. The number of carbonyl (C=O) groups excluding carboxylic acids is 2. The van der Waals surface area contributed by atoms with Crippen LogP contribution in [0.5, 0.6) is 0 Å². The van der Waals surface area contributed by atoms with E-state index in [0.717, 1.165) is 38.8 Å². The fourth-order valence-electron chi connectivity index (χ4n) is 5.70. The van der Waals surface area contributed by atoms with Gasteiger partial charge in [-0.3, -0.25) is 4.79 Å². The van der Waals surface area contributed by atoms with Crippen molar-refractivity contribution >= 4 is 54.3 Å². The molecule has 0 aliphatic carbocycles. The zero-order chi connectivity index (χ0) is 33.5. The molecule has 0 fully saturated rings. The molecule has 0 saturated carbocycles. The van der Waals surface area contributed by atoms with Gasteiger partial charge in [0.25, 0.3) is 15.9 Å². The predicted molar refractivity (Wildman–Crippen MR) is 181 cm³/mol. The summed E-state index contributed by atoms with van der Waals surface area (Å²) >= 11 is 5.82. The second-order valence-corrected chi connectivity index (χ2v) is 15.5. The van der Waals surface area contributed by atoms with Gasteiger partial charge in [-0.15, -0.1) is 0 Å². The quantitative estimate of drug-likeness (QED) is 0.230. The van der Waals surface area contributed by atoms with Gasteiger partial charge < -0.3 is 14.8 Å². The third kappa shape index (κ3) is 6.62. The van der Waals surface area contributed by atoms with Crippen molar-refractivity contribution in [3.63, 3.8) is 0 Å². The molecule has 47 heavy (non-hydrogen) atoms. The minimum Gasteiger partial charge on any atom is -0.340 e. The van der Waals surface area contributed by atoms with Crippen LogP contribution in [0.2, 0.25) is 5.02 Å². The van der Waals surface area contributed by atoms with Crippen LogP contribution < -0.4 is 10.0 Å². The normalized spacial score (nSPS) is 13.4. The number of sulfonamides is 1. The summed E-state index contributed by atoms with van der Waals surface area (Å²) in [5, 5.41) is 3.92. The second-order valence-electron chi connectivity index (χ2n) is 11.4. The number of carbonyl (C=O) groups is 2. The fraction of sp³-hybridized carbons (Fsp3) is 0.176. The Hall–Kier alpha value is -4.65. The number of sulfone groups is 1. The van der Waals surface area contributed by atoms with E-state index in [1.54, 1.807) is 36.2 Å². The average Bonchev–Trinajstić information content (AvgIpc) is 3.37. The fourth-order valence-corrected chi connectivity index (χ4v) is 7.39. The Morgan fingerprint density at radius 1 is 0.851 bits per heavy atom. The molecule has 242 valence electrons. The molecule has 0 saturated heterocycles. The van der Waals surface area contributed by atoms with Crippen LogP contribution in [0.15, 0.2) is 101 Å². The molecule has 1 aliphatic rings. The summed E-state index contributed by atoms with van der Waals surface area (Å²) in [7, 11) is -5.56. The number of amides is 3. The molecule has 5 aromatic rings. The van der Waals surface area contributed by atoms with E-state index < -0.39 is 25.9 Å². The first-order valence-electron chi connectivity index (χ1n) is 14.7. The highest BCUT2D eigenvalue weighted by molar-refractivity contribution is 7.90. The van der Waals surface area contributed by atoms with Gasteiger partial charge >= 0.3 is 6.03 Å². The number of hydrogen-bond acceptors (Lipinski definition) is 6. The molecule has 13 heteroatoms. The maximum Gasteiger partial charge on any atom is 0.328 e. The van der Waals surface area contributed by atoms with E-state index in [2.05, 4.69) is 11.4 Å². The van der Waals surface area contributed by atoms with E-state index in [9.17, 15) is 26.4 Å². The van der Waals surface area contributed by atoms with Crippen LogP contribution in [0, 0.1) is 0 Å². The maximum absolute atomic E-state index is 13.5. The summed E-state index contributed by atoms with van der Waals surface area (Å²) in [4.78, 5) is 27.7. The van der Waals surface area contributed by atoms with E-state index in [1.807, 2.05) is 45.7 Å². The van der Waals surface area contributed by atoms with Gasteiger partial charge in [0.15, 0.2) is 9.84 Å². The van der Waals surface area contributed by atoms with Crippen molar-refractivity contribution < 1.29 is 26.4 Å². The van der Waals surface area contributed by atoms with Crippen LogP contribution in [-0.4, -0.2) is 64.6 Å². The van der Waals surface area contributed by atoms with E-state index in [0.29, 0.717) is 30.1 Å². The summed E-state index contributed by atoms with van der Waals surface area (Å²) in [6.07, 6.45) is 2.32. The molecule has 4 aromatic carbocycles. The van der Waals surface area contributed by atoms with E-state index >= 15 is 0 Å². The minimum absolute atomic E-state index is 0.0727. The molecule has 0 unspecified atom stereocenters. The van der Waals surface area contributed by atoms with Gasteiger partial charge in [-0.25, -0.2) is 26.4 Å². The number of likely N-dealkylation sites (N-methyl/N-ethyl adjacent to an activating group) is 1. The van der Waals surface area contributed by atoms with Crippen LogP contribution in [0.3, 0.4) is 0 Å². The second kappa shape index (κ2) is 12.5. The standard InChI is InChI=1S/C34H31ClN4O6S2/c1-38-20-18-29-30-21-24(23-5-12-27(13-6-23)46(2,42)43)7-16-31(30)39(32(29)33(38)40)26-10-3-22(4-11-26)17-19-36-34(41)37-47(44,45)28-14-8-25(35)9-15-28/h3-16,21H,17-20H2,1-2H3,(H2,36,37,41). The van der Waals surface area contributed by atoms with E-state index in [4.69, 9.17) is 11.6 Å². The highest BCUT2D eigenvalue weighted by atomic mass is 35.5. The molecule has 0 atom stereocenters. The third-order valence-electron chi connectivity index (χ3n) is 8.18. The van der Waals surface area contributed by atoms with Crippen LogP contribution in [-0.2, 0) is 32.7 Å². The number of nitrogens with one attached hydrogen (secondary N) is 2. The van der Waals surface area contributed by atoms with Gasteiger partial charge in [-0.2, -0.15) is 0 Å². The zero-order valence-corrected chi connectivity index (χ0v) is 27.9. The van der Waals surface area contributed by atoms with Gasteiger partial charge in [0, 0.05) is 42.5 Å². The molecule has 10 nitrogen and oxygen atoms in total. The summed E-state index contributed by atoms with van der Waals surface area (Å²) in [5.41, 5.74) is 5.93. The lowest BCUT2D eigenvalue weighted by molar-refractivity contribution is 0.0773. The number of benzene rings is 4. The van der Waals surface area contributed by atoms with Gasteiger partial charge in [0.1, 0.15) is 5.69 Å². The molecule has 2 N–H and O–H groups in total. The highest BCUT2D eigenvalue weighted by Gasteiger charge is 2.30. The van der Waals surface area contributed by atoms with Crippen LogP contribution in [0.4, 0.5) is 4.79 Å². The summed E-state index contributed by atoms with van der Waals surface area (Å²) in [6.45, 7) is 0.791. The first-order valence-corrected chi connectivity index (χ1v) is 18.5. The molecular formula is C34H31ClN4O6S2. The molecule has 0 radical (unpaired) electrons. The first kappa shape index (κ1) is 32.3. The SMILES string of the molecule is CN1CCc2c(n(-c3ccc(CCNC(=O)NS(=O)(=O)c4ccc(Cl)cc4)cc3)c3ccc(-c4ccc(S(C)(=O)=O)cc4)cc23)C1=O. The largest absolute Gasteiger partial charge is 0.340 e. The Bertz CT molecular complexity index is 2230. The maximum atomic E-state index is 13.5. The molecule has 1 aromatic heterocycles. The van der Waals surface area contributed by atoms with Crippen molar-refractivity contribution in [1.29, 1.82) is 0 Å². The molecule has 6 rings (SSSR count). The number of nitrogens with zero attached hydrogens (tertiary/aromatic N) is 2. The topological polar surface area (TPSA) is 135 Å². The summed E-state index contributed by atoms with van der Waals surface area (Å²) in [6, 6.07) is 25.1. The van der Waals surface area contributed by atoms with Crippen molar-refractivity contribution in [3.05, 3.63) is 113 Å². The summed E-state index contributed by atoms with van der Waals surface area (Å²) < 4.78 is 52.7. The van der Waals surface area contributed by atoms with Gasteiger partial charge in [0.2, 0.25) is 0 Å². The average molecular weight is 691 g/mol. The van der Waals surface area contributed by atoms with Crippen LogP contribution >= 0.6 is 11.6 Å². The number of halogens is 1. The van der Waals surface area contributed by atoms with Crippen molar-refractivity contribution in [1.82, 2.24) is 19.5 Å². The molecule has 1 aliphatic heterocycles. The van der Waals surface area contributed by atoms with Crippen molar-refractivity contribution in [2.45, 2.75) is 22.6 Å². The van der Waals surface area contributed by atoms with Crippen LogP contribution in [0.1, 0.15) is 21.6 Å². The Labute approximate surface area is 277 Å². The lowest BCUT2D eigenvalue weighted by atomic mass is 9.99. The Balaban J connectivity index is 1.22. The third-order valence-corrected chi connectivity index (χ3v) is 10.9. The van der Waals surface area contributed by atoms with Gasteiger partial charge in [-0.1, -0.05) is 41.9 Å². The highest BCUT2D eigenvalue weighted by Crippen LogP contribution is 2.36. The van der Waals surface area contributed by atoms with E-state index in [1.165, 1.54) is 30.5 Å². The van der Waals surface area contributed by atoms with E-state index in [-0.39, 0.29) is 22.2 Å². The molecular weight excluding hydrogens is 660 g/mol. The monoisotopic (exact) mass is 690 g/mol. The number of urea groups is 1. The smallest absolute Gasteiger partial charge is 0.328 e. The van der Waals surface area contributed by atoms with Crippen molar-refractivity contribution in [2.75, 3.05) is 26.4 Å². The van der Waals surface area contributed by atoms with Crippen LogP contribution in [0.25, 0.3) is 27.7 Å². The molecule has 0 spiro atoms. The predicted octanol–water partition coefficient (Wildman–Crippen LogP) is 5.21. The van der Waals surface area contributed by atoms with Gasteiger partial charge in [-0.05, 0) is 95.8 Å².